The molecule has 0 aromatic heterocycles. The van der Waals surface area contributed by atoms with E-state index in [9.17, 15) is 9.90 Å². The topological polar surface area (TPSA) is 70.6 Å². The number of aliphatic hydroxyl groups excluding tert-OH is 1. The second-order valence-corrected chi connectivity index (χ2v) is 6.89. The number of ether oxygens (including phenoxy) is 1. The third kappa shape index (κ3) is 4.08. The van der Waals surface area contributed by atoms with Crippen molar-refractivity contribution in [2.24, 2.45) is 17.8 Å². The normalized spacial score (nSPS) is 34.7. The summed E-state index contributed by atoms with van der Waals surface area (Å²) < 4.78 is 5.23. The lowest BCUT2D eigenvalue weighted by Crippen LogP contribution is -2.52. The van der Waals surface area contributed by atoms with Gasteiger partial charge >= 0.3 is 6.09 Å². The summed E-state index contributed by atoms with van der Waals surface area (Å²) in [5.74, 6) is 1.11. The summed E-state index contributed by atoms with van der Waals surface area (Å²) in [6, 6.07) is 0. The SMILES string of the molecule is CC(C)(C)OC(=O)NCC1C[C@@H]2CNC[C@@H](C1)C2O. The Morgan fingerprint density at radius 1 is 1.32 bits per heavy atom. The van der Waals surface area contributed by atoms with Gasteiger partial charge in [0.2, 0.25) is 0 Å². The summed E-state index contributed by atoms with van der Waals surface area (Å²) in [5, 5.41) is 16.3. The average Bonchev–Trinajstić information content (AvgIpc) is 2.24. The zero-order valence-electron chi connectivity index (χ0n) is 12.1. The van der Waals surface area contributed by atoms with Gasteiger partial charge in [-0.2, -0.15) is 0 Å². The maximum Gasteiger partial charge on any atom is 0.407 e. The molecule has 1 saturated carbocycles. The number of carbonyl (C=O) groups excluding carboxylic acids is 1. The van der Waals surface area contributed by atoms with Gasteiger partial charge in [0, 0.05) is 19.6 Å². The van der Waals surface area contributed by atoms with Crippen LogP contribution in [0.4, 0.5) is 4.79 Å². The minimum Gasteiger partial charge on any atom is -0.444 e. The summed E-state index contributed by atoms with van der Waals surface area (Å²) in [4.78, 5) is 11.6. The van der Waals surface area contributed by atoms with Crippen molar-refractivity contribution in [1.82, 2.24) is 10.6 Å². The lowest BCUT2D eigenvalue weighted by atomic mass is 9.71. The highest BCUT2D eigenvalue weighted by Crippen LogP contribution is 2.35. The minimum absolute atomic E-state index is 0.168. The first kappa shape index (κ1) is 14.6. The quantitative estimate of drug-likeness (QED) is 0.703. The molecule has 0 unspecified atom stereocenters. The van der Waals surface area contributed by atoms with Gasteiger partial charge in [-0.1, -0.05) is 0 Å². The lowest BCUT2D eigenvalue weighted by molar-refractivity contribution is -0.0238. The monoisotopic (exact) mass is 270 g/mol. The molecule has 1 amide bonds. The van der Waals surface area contributed by atoms with Crippen molar-refractivity contribution in [3.05, 3.63) is 0 Å². The van der Waals surface area contributed by atoms with Crippen molar-refractivity contribution in [3.63, 3.8) is 0 Å². The van der Waals surface area contributed by atoms with Crippen LogP contribution in [0, 0.1) is 17.8 Å². The first-order valence-electron chi connectivity index (χ1n) is 7.21. The van der Waals surface area contributed by atoms with Gasteiger partial charge in [-0.05, 0) is 51.4 Å². The number of piperidine rings is 1. The second-order valence-electron chi connectivity index (χ2n) is 6.89. The molecule has 1 heterocycles. The third-order valence-electron chi connectivity index (χ3n) is 3.99. The van der Waals surface area contributed by atoms with Crippen LogP contribution in [-0.4, -0.2) is 42.5 Å². The van der Waals surface area contributed by atoms with E-state index in [-0.39, 0.29) is 12.2 Å². The van der Waals surface area contributed by atoms with Crippen molar-refractivity contribution in [1.29, 1.82) is 0 Å². The van der Waals surface area contributed by atoms with Gasteiger partial charge in [0.25, 0.3) is 0 Å². The van der Waals surface area contributed by atoms with Crippen LogP contribution in [0.2, 0.25) is 0 Å². The van der Waals surface area contributed by atoms with Crippen LogP contribution in [0.5, 0.6) is 0 Å². The molecule has 3 N–H and O–H groups in total. The van der Waals surface area contributed by atoms with Gasteiger partial charge in [0.05, 0.1) is 6.10 Å². The first-order valence-corrected chi connectivity index (χ1v) is 7.21. The number of fused-ring (bicyclic) bond motifs is 2. The molecule has 5 nitrogen and oxygen atoms in total. The molecule has 2 fully saturated rings. The number of alkyl carbamates (subject to hydrolysis) is 1. The highest BCUT2D eigenvalue weighted by atomic mass is 16.6. The summed E-state index contributed by atoms with van der Waals surface area (Å²) in [6.45, 7) is 8.01. The Balaban J connectivity index is 1.77. The standard InChI is InChI=1S/C14H26N2O3/c1-14(2,3)19-13(18)16-6-9-4-10-7-15-8-11(5-9)12(10)17/h9-12,15,17H,4-8H2,1-3H3,(H,16,18)/t9?,10-,11-,12?/m1/s1. The van der Waals surface area contributed by atoms with Crippen LogP contribution < -0.4 is 10.6 Å². The van der Waals surface area contributed by atoms with E-state index in [1.54, 1.807) is 0 Å². The van der Waals surface area contributed by atoms with Crippen molar-refractivity contribution in [2.45, 2.75) is 45.3 Å². The van der Waals surface area contributed by atoms with Gasteiger partial charge in [-0.15, -0.1) is 0 Å². The number of hydrogen-bond acceptors (Lipinski definition) is 4. The van der Waals surface area contributed by atoms with Crippen LogP contribution in [-0.2, 0) is 4.74 Å². The van der Waals surface area contributed by atoms with Gasteiger partial charge in [0.1, 0.15) is 5.60 Å². The van der Waals surface area contributed by atoms with E-state index in [1.165, 1.54) is 0 Å². The summed E-state index contributed by atoms with van der Waals surface area (Å²) in [5.41, 5.74) is -0.451. The number of nitrogens with one attached hydrogen (secondary N) is 2. The average molecular weight is 270 g/mol. The predicted molar refractivity (Wildman–Crippen MR) is 72.8 cm³/mol. The molecule has 0 spiro atoms. The smallest absolute Gasteiger partial charge is 0.407 e. The Morgan fingerprint density at radius 3 is 2.42 bits per heavy atom. The van der Waals surface area contributed by atoms with Crippen LogP contribution >= 0.6 is 0 Å². The zero-order valence-corrected chi connectivity index (χ0v) is 12.1. The number of rotatable bonds is 2. The summed E-state index contributed by atoms with van der Waals surface area (Å²) in [6.07, 6.45) is 1.43. The molecule has 1 saturated heterocycles. The number of carbonyl (C=O) groups is 1. The first-order chi connectivity index (χ1) is 8.85. The van der Waals surface area contributed by atoms with E-state index in [0.717, 1.165) is 25.9 Å². The molecule has 1 aliphatic carbocycles. The van der Waals surface area contributed by atoms with Crippen molar-refractivity contribution >= 4 is 6.09 Å². The molecule has 110 valence electrons. The van der Waals surface area contributed by atoms with Crippen molar-refractivity contribution in [3.8, 4) is 0 Å². The van der Waals surface area contributed by atoms with Gasteiger partial charge < -0.3 is 20.5 Å². The Morgan fingerprint density at radius 2 is 1.89 bits per heavy atom. The Hall–Kier alpha value is -0.810. The molecule has 19 heavy (non-hydrogen) atoms. The van der Waals surface area contributed by atoms with Crippen molar-refractivity contribution in [2.75, 3.05) is 19.6 Å². The molecule has 5 heteroatoms. The number of hydrogen-bond donors (Lipinski definition) is 3. The summed E-state index contributed by atoms with van der Waals surface area (Å²) in [7, 11) is 0. The molecule has 0 aromatic rings. The fourth-order valence-corrected chi connectivity index (χ4v) is 3.19. The Bertz CT molecular complexity index is 313. The molecular formula is C14H26N2O3. The Kier molecular flexibility index (Phi) is 4.36. The minimum atomic E-state index is -0.451. The zero-order chi connectivity index (χ0) is 14.0. The fraction of sp³-hybridized carbons (Fsp3) is 0.929. The number of amides is 1. The van der Waals surface area contributed by atoms with E-state index < -0.39 is 5.60 Å². The van der Waals surface area contributed by atoms with E-state index in [1.807, 2.05) is 20.8 Å². The molecular weight excluding hydrogens is 244 g/mol. The molecule has 2 bridgehead atoms. The van der Waals surface area contributed by atoms with Gasteiger partial charge in [-0.3, -0.25) is 0 Å². The molecule has 0 aromatic carbocycles. The second kappa shape index (κ2) is 5.67. The molecule has 2 rings (SSSR count). The van der Waals surface area contributed by atoms with E-state index in [4.69, 9.17) is 4.74 Å². The van der Waals surface area contributed by atoms with Crippen LogP contribution in [0.15, 0.2) is 0 Å². The summed E-state index contributed by atoms with van der Waals surface area (Å²) >= 11 is 0. The maximum absolute atomic E-state index is 11.6. The molecule has 0 radical (unpaired) electrons. The largest absolute Gasteiger partial charge is 0.444 e. The maximum atomic E-state index is 11.6. The van der Waals surface area contributed by atoms with Gasteiger partial charge in [-0.25, -0.2) is 4.79 Å². The lowest BCUT2D eigenvalue weighted by Gasteiger charge is -2.43. The highest BCUT2D eigenvalue weighted by molar-refractivity contribution is 5.67. The predicted octanol–water partition coefficient (Wildman–Crippen LogP) is 1.12. The van der Waals surface area contributed by atoms with E-state index >= 15 is 0 Å². The highest BCUT2D eigenvalue weighted by Gasteiger charge is 2.39. The van der Waals surface area contributed by atoms with Crippen LogP contribution in [0.1, 0.15) is 33.6 Å². The number of aliphatic hydroxyl groups is 1. The van der Waals surface area contributed by atoms with Gasteiger partial charge in [0.15, 0.2) is 0 Å². The molecule has 2 atom stereocenters. The van der Waals surface area contributed by atoms with Crippen LogP contribution in [0.3, 0.4) is 0 Å². The van der Waals surface area contributed by atoms with Crippen molar-refractivity contribution < 1.29 is 14.6 Å². The van der Waals surface area contributed by atoms with E-state index in [0.29, 0.717) is 24.3 Å². The Labute approximate surface area is 115 Å². The fourth-order valence-electron chi connectivity index (χ4n) is 3.19. The molecule has 2 aliphatic rings. The molecule has 1 aliphatic heterocycles. The van der Waals surface area contributed by atoms with E-state index in [2.05, 4.69) is 10.6 Å². The van der Waals surface area contributed by atoms with Crippen LogP contribution in [0.25, 0.3) is 0 Å². The third-order valence-corrected chi connectivity index (χ3v) is 3.99.